The van der Waals surface area contributed by atoms with Crippen LogP contribution in [0.5, 0.6) is 0 Å². The highest BCUT2D eigenvalue weighted by Crippen LogP contribution is 2.28. The van der Waals surface area contributed by atoms with E-state index in [4.69, 9.17) is 0 Å². The Balaban J connectivity index is 2.82. The van der Waals surface area contributed by atoms with Gasteiger partial charge in [-0.2, -0.15) is 5.10 Å². The van der Waals surface area contributed by atoms with Crippen LogP contribution in [0.25, 0.3) is 0 Å². The first-order valence-electron chi connectivity index (χ1n) is 6.05. The van der Waals surface area contributed by atoms with Crippen molar-refractivity contribution < 1.29 is 4.92 Å². The van der Waals surface area contributed by atoms with E-state index >= 15 is 0 Å². The fourth-order valence-corrected chi connectivity index (χ4v) is 1.78. The first-order chi connectivity index (χ1) is 8.11. The Hall–Kier alpha value is -1.59. The van der Waals surface area contributed by atoms with Crippen molar-refractivity contribution in [2.75, 3.05) is 11.9 Å². The molecule has 0 fully saturated rings. The Bertz CT molecular complexity index is 387. The van der Waals surface area contributed by atoms with E-state index in [1.165, 1.54) is 0 Å². The predicted molar refractivity (Wildman–Crippen MR) is 67.3 cm³/mol. The largest absolute Gasteiger partial charge is 0.365 e. The summed E-state index contributed by atoms with van der Waals surface area (Å²) in [7, 11) is 1.73. The molecule has 0 aliphatic carbocycles. The number of nitrogens with zero attached hydrogens (tertiary/aromatic N) is 3. The first kappa shape index (κ1) is 13.5. The van der Waals surface area contributed by atoms with E-state index in [1.54, 1.807) is 11.7 Å². The Labute approximate surface area is 101 Å². The standard InChI is InChI=1S/C11H20N4O2/c1-4-6-7-8-12-11-10(15(16)17)9(5-2)13-14(11)3/h12H,4-8H2,1-3H3. The quantitative estimate of drug-likeness (QED) is 0.451. The Kier molecular flexibility index (Phi) is 4.93. The first-order valence-corrected chi connectivity index (χ1v) is 6.05. The molecule has 0 saturated heterocycles. The van der Waals surface area contributed by atoms with E-state index in [9.17, 15) is 10.1 Å². The molecule has 17 heavy (non-hydrogen) atoms. The van der Waals surface area contributed by atoms with E-state index in [0.717, 1.165) is 25.8 Å². The number of unbranched alkanes of at least 4 members (excludes halogenated alkanes) is 2. The second-order valence-corrected chi connectivity index (χ2v) is 4.01. The van der Waals surface area contributed by atoms with Crippen LogP contribution in [-0.2, 0) is 13.5 Å². The maximum Gasteiger partial charge on any atom is 0.333 e. The molecule has 0 aliphatic heterocycles. The molecule has 0 unspecified atom stereocenters. The molecule has 1 heterocycles. The molecule has 0 aromatic carbocycles. The van der Waals surface area contributed by atoms with E-state index in [0.29, 0.717) is 17.9 Å². The topological polar surface area (TPSA) is 73.0 Å². The van der Waals surface area contributed by atoms with Crippen LogP contribution in [0, 0.1) is 10.1 Å². The van der Waals surface area contributed by atoms with Crippen molar-refractivity contribution in [2.24, 2.45) is 7.05 Å². The third kappa shape index (κ3) is 3.18. The number of nitrogens with one attached hydrogen (secondary N) is 1. The van der Waals surface area contributed by atoms with Gasteiger partial charge < -0.3 is 5.32 Å². The highest BCUT2D eigenvalue weighted by Gasteiger charge is 2.24. The van der Waals surface area contributed by atoms with Gasteiger partial charge >= 0.3 is 5.69 Å². The van der Waals surface area contributed by atoms with E-state index in [-0.39, 0.29) is 10.6 Å². The molecule has 96 valence electrons. The molecule has 0 radical (unpaired) electrons. The van der Waals surface area contributed by atoms with Crippen LogP contribution in [0.3, 0.4) is 0 Å². The fourth-order valence-electron chi connectivity index (χ4n) is 1.78. The van der Waals surface area contributed by atoms with Gasteiger partial charge in [-0.05, 0) is 12.8 Å². The lowest BCUT2D eigenvalue weighted by Crippen LogP contribution is -2.07. The lowest BCUT2D eigenvalue weighted by Gasteiger charge is -2.05. The van der Waals surface area contributed by atoms with Crippen LogP contribution in [0.15, 0.2) is 0 Å². The molecule has 1 N–H and O–H groups in total. The molecule has 0 atom stereocenters. The van der Waals surface area contributed by atoms with Crippen molar-refractivity contribution in [2.45, 2.75) is 39.5 Å². The molecule has 6 nitrogen and oxygen atoms in total. The molecule has 0 saturated carbocycles. The SMILES string of the molecule is CCCCCNc1c([N+](=O)[O-])c(CC)nn1C. The summed E-state index contributed by atoms with van der Waals surface area (Å²) in [6, 6.07) is 0. The van der Waals surface area contributed by atoms with Crippen molar-refractivity contribution in [1.29, 1.82) is 0 Å². The molecule has 0 amide bonds. The summed E-state index contributed by atoms with van der Waals surface area (Å²) in [4.78, 5) is 10.7. The molecule has 0 spiro atoms. The third-order valence-electron chi connectivity index (χ3n) is 2.68. The average Bonchev–Trinajstić information content (AvgIpc) is 2.61. The summed E-state index contributed by atoms with van der Waals surface area (Å²) in [6.07, 6.45) is 3.84. The summed E-state index contributed by atoms with van der Waals surface area (Å²) >= 11 is 0. The Morgan fingerprint density at radius 2 is 2.12 bits per heavy atom. The van der Waals surface area contributed by atoms with Crippen LogP contribution in [0.2, 0.25) is 0 Å². The summed E-state index contributed by atoms with van der Waals surface area (Å²) in [5.74, 6) is 0.517. The van der Waals surface area contributed by atoms with Gasteiger partial charge in [0.2, 0.25) is 5.82 Å². The summed E-state index contributed by atoms with van der Waals surface area (Å²) in [5.41, 5.74) is 0.655. The number of rotatable bonds is 7. The van der Waals surface area contributed by atoms with Gasteiger partial charge in [-0.15, -0.1) is 0 Å². The zero-order valence-electron chi connectivity index (χ0n) is 10.7. The average molecular weight is 240 g/mol. The fraction of sp³-hybridized carbons (Fsp3) is 0.727. The minimum absolute atomic E-state index is 0.117. The van der Waals surface area contributed by atoms with Gasteiger partial charge in [-0.25, -0.2) is 4.68 Å². The number of hydrogen-bond donors (Lipinski definition) is 1. The Morgan fingerprint density at radius 1 is 1.41 bits per heavy atom. The maximum absolute atomic E-state index is 11.0. The highest BCUT2D eigenvalue weighted by atomic mass is 16.6. The van der Waals surface area contributed by atoms with Crippen molar-refractivity contribution in [3.05, 3.63) is 15.8 Å². The lowest BCUT2D eigenvalue weighted by atomic mass is 10.2. The van der Waals surface area contributed by atoms with Gasteiger partial charge in [0.25, 0.3) is 0 Å². The van der Waals surface area contributed by atoms with Crippen LogP contribution in [0.1, 0.15) is 38.8 Å². The van der Waals surface area contributed by atoms with Gasteiger partial charge in [0.15, 0.2) is 0 Å². The van der Waals surface area contributed by atoms with E-state index in [1.807, 2.05) is 6.92 Å². The van der Waals surface area contributed by atoms with Gasteiger partial charge in [-0.3, -0.25) is 10.1 Å². The third-order valence-corrected chi connectivity index (χ3v) is 2.68. The van der Waals surface area contributed by atoms with Gasteiger partial charge in [0, 0.05) is 13.6 Å². The minimum Gasteiger partial charge on any atom is -0.365 e. The number of aromatic nitrogens is 2. The van der Waals surface area contributed by atoms with Crippen LogP contribution < -0.4 is 5.32 Å². The lowest BCUT2D eigenvalue weighted by molar-refractivity contribution is -0.384. The molecule has 1 aromatic rings. The highest BCUT2D eigenvalue weighted by molar-refractivity contribution is 5.59. The summed E-state index contributed by atoms with van der Waals surface area (Å²) in [5, 5.41) is 18.3. The number of aryl methyl sites for hydroxylation is 2. The van der Waals surface area contributed by atoms with Gasteiger partial charge in [0.05, 0.1) is 4.92 Å². The van der Waals surface area contributed by atoms with E-state index in [2.05, 4.69) is 17.3 Å². The van der Waals surface area contributed by atoms with Gasteiger partial charge in [0.1, 0.15) is 5.69 Å². The maximum atomic E-state index is 11.0. The van der Waals surface area contributed by atoms with Crippen molar-refractivity contribution in [3.8, 4) is 0 Å². The van der Waals surface area contributed by atoms with Crippen molar-refractivity contribution in [1.82, 2.24) is 9.78 Å². The molecular weight excluding hydrogens is 220 g/mol. The molecule has 0 bridgehead atoms. The summed E-state index contributed by atoms with van der Waals surface area (Å²) in [6.45, 7) is 4.75. The zero-order chi connectivity index (χ0) is 12.8. The molecular formula is C11H20N4O2. The second-order valence-electron chi connectivity index (χ2n) is 4.01. The molecule has 6 heteroatoms. The summed E-state index contributed by atoms with van der Waals surface area (Å²) < 4.78 is 1.56. The van der Waals surface area contributed by atoms with E-state index < -0.39 is 0 Å². The number of hydrogen-bond acceptors (Lipinski definition) is 4. The normalized spacial score (nSPS) is 10.5. The molecule has 1 aromatic heterocycles. The molecule has 0 aliphatic rings. The molecule has 1 rings (SSSR count). The smallest absolute Gasteiger partial charge is 0.333 e. The predicted octanol–water partition coefficient (Wildman–Crippen LogP) is 2.49. The van der Waals surface area contributed by atoms with Crippen LogP contribution in [-0.4, -0.2) is 21.2 Å². The number of nitro groups is 1. The Morgan fingerprint density at radius 3 is 2.65 bits per heavy atom. The second kappa shape index (κ2) is 6.22. The van der Waals surface area contributed by atoms with Gasteiger partial charge in [-0.1, -0.05) is 26.7 Å². The van der Waals surface area contributed by atoms with Crippen LogP contribution >= 0.6 is 0 Å². The zero-order valence-corrected chi connectivity index (χ0v) is 10.7. The van der Waals surface area contributed by atoms with Crippen molar-refractivity contribution >= 4 is 11.5 Å². The number of anilines is 1. The monoisotopic (exact) mass is 240 g/mol. The minimum atomic E-state index is -0.353. The van der Waals surface area contributed by atoms with Crippen molar-refractivity contribution in [3.63, 3.8) is 0 Å². The van der Waals surface area contributed by atoms with Crippen LogP contribution in [0.4, 0.5) is 11.5 Å².